The van der Waals surface area contributed by atoms with Crippen molar-refractivity contribution in [1.29, 1.82) is 0 Å². The number of benzene rings is 1. The summed E-state index contributed by atoms with van der Waals surface area (Å²) in [5.41, 5.74) is 0.448. The Morgan fingerprint density at radius 3 is 2.96 bits per heavy atom. The first kappa shape index (κ1) is 18.1. The van der Waals surface area contributed by atoms with Gasteiger partial charge in [0.25, 0.3) is 0 Å². The smallest absolute Gasteiger partial charge is 0.387 e. The molecule has 4 nitrogen and oxygen atoms in total. The third kappa shape index (κ3) is 4.68. The molecule has 2 heterocycles. The van der Waals surface area contributed by atoms with Crippen LogP contribution < -0.4 is 10.1 Å². The molecule has 1 aliphatic heterocycles. The Labute approximate surface area is 153 Å². The molecule has 0 aliphatic carbocycles. The third-order valence-corrected chi connectivity index (χ3v) is 5.28. The van der Waals surface area contributed by atoms with Gasteiger partial charge in [0.2, 0.25) is 5.91 Å². The van der Waals surface area contributed by atoms with Crippen molar-refractivity contribution >= 4 is 34.5 Å². The molecular formula is C17H17ClF2N2O2S. The Morgan fingerprint density at radius 1 is 1.44 bits per heavy atom. The Kier molecular flexibility index (Phi) is 5.88. The highest BCUT2D eigenvalue weighted by atomic mass is 35.5. The molecule has 1 aromatic carbocycles. The van der Waals surface area contributed by atoms with E-state index in [9.17, 15) is 13.6 Å². The van der Waals surface area contributed by atoms with E-state index in [-0.39, 0.29) is 29.3 Å². The van der Waals surface area contributed by atoms with E-state index in [1.165, 1.54) is 23.1 Å². The van der Waals surface area contributed by atoms with Crippen LogP contribution in [-0.4, -0.2) is 30.5 Å². The zero-order valence-electron chi connectivity index (χ0n) is 13.3. The minimum Gasteiger partial charge on any atom is -0.433 e. The van der Waals surface area contributed by atoms with Crippen LogP contribution in [0.1, 0.15) is 23.8 Å². The number of carbonyl (C=O) groups is 1. The summed E-state index contributed by atoms with van der Waals surface area (Å²) in [6.07, 6.45) is 2.10. The first-order chi connectivity index (χ1) is 12.0. The van der Waals surface area contributed by atoms with Crippen LogP contribution in [0.4, 0.5) is 14.5 Å². The number of nitrogens with one attached hydrogen (secondary N) is 1. The molecule has 1 atom stereocenters. The number of hydrogen-bond donors (Lipinski definition) is 1. The normalized spacial score (nSPS) is 17.8. The highest BCUT2D eigenvalue weighted by molar-refractivity contribution is 7.10. The number of amides is 1. The van der Waals surface area contributed by atoms with Gasteiger partial charge in [-0.3, -0.25) is 9.69 Å². The molecule has 0 spiro atoms. The van der Waals surface area contributed by atoms with Crippen molar-refractivity contribution in [3.05, 3.63) is 45.6 Å². The van der Waals surface area contributed by atoms with Crippen molar-refractivity contribution in [2.45, 2.75) is 25.5 Å². The average Bonchev–Trinajstić information content (AvgIpc) is 3.20. The standard InChI is InChI=1S/C17H17ClF2N2O2S/c18-12-9-11(5-6-14(12)24-17(19)20)21-16(23)10-22-7-1-3-13(22)15-4-2-8-25-15/h2,4-6,8-9,13,17H,1,3,7,10H2,(H,21,23). The van der Waals surface area contributed by atoms with Crippen LogP contribution in [0.15, 0.2) is 35.7 Å². The van der Waals surface area contributed by atoms with E-state index < -0.39 is 6.61 Å². The van der Waals surface area contributed by atoms with E-state index >= 15 is 0 Å². The summed E-state index contributed by atoms with van der Waals surface area (Å²) in [6.45, 7) is -1.80. The number of hydrogen-bond acceptors (Lipinski definition) is 4. The van der Waals surface area contributed by atoms with Crippen molar-refractivity contribution in [3.8, 4) is 5.75 Å². The number of likely N-dealkylation sites (tertiary alicyclic amines) is 1. The van der Waals surface area contributed by atoms with Crippen LogP contribution >= 0.6 is 22.9 Å². The summed E-state index contributed by atoms with van der Waals surface area (Å²) in [5.74, 6) is -0.283. The summed E-state index contributed by atoms with van der Waals surface area (Å²) in [6, 6.07) is 8.58. The van der Waals surface area contributed by atoms with Gasteiger partial charge >= 0.3 is 6.61 Å². The van der Waals surface area contributed by atoms with Crippen LogP contribution in [0, 0.1) is 0 Å². The third-order valence-electron chi connectivity index (χ3n) is 4.01. The van der Waals surface area contributed by atoms with Crippen molar-refractivity contribution < 1.29 is 18.3 Å². The van der Waals surface area contributed by atoms with Crippen molar-refractivity contribution in [3.63, 3.8) is 0 Å². The van der Waals surface area contributed by atoms with Crippen LogP contribution in [0.2, 0.25) is 5.02 Å². The molecule has 1 saturated heterocycles. The molecule has 0 radical (unpaired) electrons. The molecule has 1 unspecified atom stereocenters. The molecule has 0 saturated carbocycles. The van der Waals surface area contributed by atoms with Crippen LogP contribution in [0.3, 0.4) is 0 Å². The lowest BCUT2D eigenvalue weighted by Gasteiger charge is -2.23. The number of nitrogens with zero attached hydrogens (tertiary/aromatic N) is 1. The number of anilines is 1. The predicted octanol–water partition coefficient (Wildman–Crippen LogP) is 4.78. The lowest BCUT2D eigenvalue weighted by Crippen LogP contribution is -2.32. The largest absolute Gasteiger partial charge is 0.433 e. The SMILES string of the molecule is O=C(CN1CCCC1c1cccs1)Nc1ccc(OC(F)F)c(Cl)c1. The fourth-order valence-electron chi connectivity index (χ4n) is 2.97. The highest BCUT2D eigenvalue weighted by Gasteiger charge is 2.28. The first-order valence-electron chi connectivity index (χ1n) is 7.84. The fraction of sp³-hybridized carbons (Fsp3) is 0.353. The number of carbonyl (C=O) groups excluding carboxylic acids is 1. The summed E-state index contributed by atoms with van der Waals surface area (Å²) < 4.78 is 28.8. The lowest BCUT2D eigenvalue weighted by atomic mass is 10.2. The second-order valence-corrected chi connectivity index (χ2v) is 7.10. The molecule has 1 aromatic heterocycles. The average molecular weight is 387 g/mol. The Bertz CT molecular complexity index is 727. The number of ether oxygens (including phenoxy) is 1. The van der Waals surface area contributed by atoms with Crippen LogP contribution in [0.5, 0.6) is 5.75 Å². The van der Waals surface area contributed by atoms with Crippen LogP contribution in [0.25, 0.3) is 0 Å². The molecule has 1 amide bonds. The molecule has 0 bridgehead atoms. The zero-order chi connectivity index (χ0) is 17.8. The molecule has 2 aromatic rings. The highest BCUT2D eigenvalue weighted by Crippen LogP contribution is 2.34. The summed E-state index contributed by atoms with van der Waals surface area (Å²) in [4.78, 5) is 15.7. The molecule has 1 N–H and O–H groups in total. The summed E-state index contributed by atoms with van der Waals surface area (Å²) in [7, 11) is 0. The van der Waals surface area contributed by atoms with E-state index in [1.807, 2.05) is 11.4 Å². The van der Waals surface area contributed by atoms with E-state index in [4.69, 9.17) is 11.6 Å². The molecule has 1 fully saturated rings. The van der Waals surface area contributed by atoms with Gasteiger partial charge in [0.1, 0.15) is 5.75 Å². The molecule has 25 heavy (non-hydrogen) atoms. The molecule has 134 valence electrons. The number of halogens is 3. The number of thiophene rings is 1. The van der Waals surface area contributed by atoms with Gasteiger partial charge in [-0.25, -0.2) is 0 Å². The van der Waals surface area contributed by atoms with Gasteiger partial charge in [0, 0.05) is 16.6 Å². The predicted molar refractivity (Wildman–Crippen MR) is 94.6 cm³/mol. The van der Waals surface area contributed by atoms with Gasteiger partial charge in [-0.15, -0.1) is 11.3 Å². The monoisotopic (exact) mass is 386 g/mol. The van der Waals surface area contributed by atoms with Gasteiger partial charge in [-0.05, 0) is 49.0 Å². The molecule has 3 rings (SSSR count). The van der Waals surface area contributed by atoms with Gasteiger partial charge in [-0.1, -0.05) is 17.7 Å². The fourth-order valence-corrected chi connectivity index (χ4v) is 4.09. The van der Waals surface area contributed by atoms with Gasteiger partial charge in [0.15, 0.2) is 0 Å². The van der Waals surface area contributed by atoms with Crippen molar-refractivity contribution in [1.82, 2.24) is 4.90 Å². The van der Waals surface area contributed by atoms with Gasteiger partial charge in [-0.2, -0.15) is 8.78 Å². The second-order valence-electron chi connectivity index (χ2n) is 5.72. The summed E-state index contributed by atoms with van der Waals surface area (Å²) >= 11 is 7.60. The van der Waals surface area contributed by atoms with Gasteiger partial charge < -0.3 is 10.1 Å². The number of rotatable bonds is 6. The molecule has 8 heteroatoms. The Morgan fingerprint density at radius 2 is 2.28 bits per heavy atom. The quantitative estimate of drug-likeness (QED) is 0.776. The first-order valence-corrected chi connectivity index (χ1v) is 9.10. The maximum atomic E-state index is 12.3. The lowest BCUT2D eigenvalue weighted by molar-refractivity contribution is -0.117. The second kappa shape index (κ2) is 8.12. The minimum atomic E-state index is -2.94. The number of alkyl halides is 2. The maximum absolute atomic E-state index is 12.3. The van der Waals surface area contributed by atoms with E-state index in [0.29, 0.717) is 5.69 Å². The van der Waals surface area contributed by atoms with E-state index in [2.05, 4.69) is 21.0 Å². The van der Waals surface area contributed by atoms with Crippen molar-refractivity contribution in [2.75, 3.05) is 18.4 Å². The molecular weight excluding hydrogens is 370 g/mol. The Balaban J connectivity index is 1.60. The zero-order valence-corrected chi connectivity index (χ0v) is 14.8. The minimum absolute atomic E-state index is 0.0238. The van der Waals surface area contributed by atoms with Crippen molar-refractivity contribution in [2.24, 2.45) is 0 Å². The van der Waals surface area contributed by atoms with Gasteiger partial charge in [0.05, 0.1) is 11.6 Å². The molecule has 1 aliphatic rings. The maximum Gasteiger partial charge on any atom is 0.387 e. The van der Waals surface area contributed by atoms with E-state index in [1.54, 1.807) is 11.3 Å². The Hall–Kier alpha value is -1.70. The van der Waals surface area contributed by atoms with E-state index in [0.717, 1.165) is 19.4 Å². The van der Waals surface area contributed by atoms with Crippen LogP contribution in [-0.2, 0) is 4.79 Å². The summed E-state index contributed by atoms with van der Waals surface area (Å²) in [5, 5.41) is 4.81. The topological polar surface area (TPSA) is 41.6 Å².